The third kappa shape index (κ3) is 4.20. The first-order valence-corrected chi connectivity index (χ1v) is 6.01. The summed E-state index contributed by atoms with van der Waals surface area (Å²) in [6, 6.07) is 7.40. The first kappa shape index (κ1) is 14.2. The second kappa shape index (κ2) is 6.79. The van der Waals surface area contributed by atoms with E-state index in [4.69, 9.17) is 9.84 Å². The van der Waals surface area contributed by atoms with Crippen LogP contribution in [-0.4, -0.2) is 23.7 Å². The normalized spacial score (nSPS) is 11.9. The van der Waals surface area contributed by atoms with E-state index in [2.05, 4.69) is 0 Å². The lowest BCUT2D eigenvalue weighted by Gasteiger charge is -2.11. The van der Waals surface area contributed by atoms with E-state index >= 15 is 0 Å². The lowest BCUT2D eigenvalue weighted by atomic mass is 9.99. The number of carboxylic acids is 1. The van der Waals surface area contributed by atoms with Gasteiger partial charge in [-0.2, -0.15) is 0 Å². The number of hydrogen-bond acceptors (Lipinski definition) is 3. The van der Waals surface area contributed by atoms with Gasteiger partial charge in [0.25, 0.3) is 0 Å². The summed E-state index contributed by atoms with van der Waals surface area (Å²) in [4.78, 5) is 22.0. The van der Waals surface area contributed by atoms with Crippen molar-refractivity contribution in [2.75, 3.05) is 6.61 Å². The van der Waals surface area contributed by atoms with Gasteiger partial charge >= 0.3 is 11.9 Å². The van der Waals surface area contributed by atoms with Crippen LogP contribution in [0.4, 0.5) is 0 Å². The molecule has 0 radical (unpaired) electrons. The molecule has 0 fully saturated rings. The van der Waals surface area contributed by atoms with Gasteiger partial charge in [0.15, 0.2) is 0 Å². The van der Waals surface area contributed by atoms with Gasteiger partial charge < -0.3 is 9.84 Å². The Morgan fingerprint density at radius 1 is 1.28 bits per heavy atom. The highest BCUT2D eigenvalue weighted by Crippen LogP contribution is 2.18. The smallest absolute Gasteiger partial charge is 0.313 e. The monoisotopic (exact) mass is 250 g/mol. The highest BCUT2D eigenvalue weighted by molar-refractivity contribution is 5.77. The number of esters is 1. The van der Waals surface area contributed by atoms with E-state index < -0.39 is 5.97 Å². The van der Waals surface area contributed by atoms with Crippen molar-refractivity contribution in [2.45, 2.75) is 32.6 Å². The molecular formula is C14H18O4. The molecule has 4 heteroatoms. The molecule has 0 saturated heterocycles. The maximum Gasteiger partial charge on any atom is 0.313 e. The molecule has 1 aromatic carbocycles. The quantitative estimate of drug-likeness (QED) is 0.787. The topological polar surface area (TPSA) is 63.6 Å². The summed E-state index contributed by atoms with van der Waals surface area (Å²) < 4.78 is 4.95. The molecule has 0 aliphatic heterocycles. The van der Waals surface area contributed by atoms with Gasteiger partial charge in [-0.25, -0.2) is 0 Å². The van der Waals surface area contributed by atoms with Crippen LogP contribution < -0.4 is 0 Å². The van der Waals surface area contributed by atoms with Crippen LogP contribution in [-0.2, 0) is 20.7 Å². The zero-order valence-corrected chi connectivity index (χ0v) is 10.7. The lowest BCUT2D eigenvalue weighted by Crippen LogP contribution is -2.12. The highest BCUT2D eigenvalue weighted by Gasteiger charge is 2.15. The van der Waals surface area contributed by atoms with Crippen LogP contribution in [0.15, 0.2) is 24.3 Å². The highest BCUT2D eigenvalue weighted by atomic mass is 16.5. The molecule has 18 heavy (non-hydrogen) atoms. The third-order valence-electron chi connectivity index (χ3n) is 2.75. The Morgan fingerprint density at radius 2 is 1.89 bits per heavy atom. The number of rotatable bonds is 6. The minimum Gasteiger partial charge on any atom is -0.481 e. The van der Waals surface area contributed by atoms with Crippen LogP contribution >= 0.6 is 0 Å². The molecular weight excluding hydrogens is 232 g/mol. The number of aliphatic carboxylic acids is 1. The molecule has 98 valence electrons. The first-order chi connectivity index (χ1) is 8.54. The Kier molecular flexibility index (Phi) is 5.36. The molecule has 0 aliphatic rings. The Labute approximate surface area is 107 Å². The molecule has 0 aliphatic carbocycles. The fourth-order valence-corrected chi connectivity index (χ4v) is 1.63. The van der Waals surface area contributed by atoms with E-state index in [9.17, 15) is 9.59 Å². The third-order valence-corrected chi connectivity index (χ3v) is 2.75. The summed E-state index contributed by atoms with van der Waals surface area (Å²) in [5.74, 6) is -1.34. The molecule has 0 bridgehead atoms. The van der Waals surface area contributed by atoms with Gasteiger partial charge in [0, 0.05) is 6.42 Å². The summed E-state index contributed by atoms with van der Waals surface area (Å²) in [7, 11) is 0. The molecule has 1 rings (SSSR count). The van der Waals surface area contributed by atoms with Gasteiger partial charge in [-0.05, 0) is 31.4 Å². The first-order valence-electron chi connectivity index (χ1n) is 6.01. The molecule has 0 spiro atoms. The Hall–Kier alpha value is -1.84. The van der Waals surface area contributed by atoms with Crippen molar-refractivity contribution >= 4 is 11.9 Å². The zero-order chi connectivity index (χ0) is 13.5. The largest absolute Gasteiger partial charge is 0.481 e. The lowest BCUT2D eigenvalue weighted by molar-refractivity contribution is -0.144. The van der Waals surface area contributed by atoms with E-state index in [1.807, 2.05) is 24.3 Å². The predicted octanol–water partition coefficient (Wildman–Crippen LogP) is 2.37. The summed E-state index contributed by atoms with van der Waals surface area (Å²) in [5, 5.41) is 8.59. The summed E-state index contributed by atoms with van der Waals surface area (Å²) in [6.07, 6.45) is 0.621. The van der Waals surface area contributed by atoms with Crippen molar-refractivity contribution in [2.24, 2.45) is 0 Å². The summed E-state index contributed by atoms with van der Waals surface area (Å²) in [6.45, 7) is 3.95. The van der Waals surface area contributed by atoms with E-state index in [1.165, 1.54) is 0 Å². The maximum atomic E-state index is 11.5. The molecule has 0 aromatic heterocycles. The number of aryl methyl sites for hydroxylation is 1. The predicted molar refractivity (Wildman–Crippen MR) is 67.4 cm³/mol. The van der Waals surface area contributed by atoms with Gasteiger partial charge in [0.05, 0.1) is 12.5 Å². The average Bonchev–Trinajstić information content (AvgIpc) is 2.36. The number of hydrogen-bond donors (Lipinski definition) is 1. The van der Waals surface area contributed by atoms with Crippen molar-refractivity contribution in [1.82, 2.24) is 0 Å². The zero-order valence-electron chi connectivity index (χ0n) is 10.7. The Bertz CT molecular complexity index is 408. The average molecular weight is 250 g/mol. The van der Waals surface area contributed by atoms with Crippen LogP contribution in [0.25, 0.3) is 0 Å². The molecule has 1 atom stereocenters. The van der Waals surface area contributed by atoms with Crippen LogP contribution in [0.2, 0.25) is 0 Å². The van der Waals surface area contributed by atoms with Crippen molar-refractivity contribution in [3.8, 4) is 0 Å². The van der Waals surface area contributed by atoms with Gasteiger partial charge in [-0.3, -0.25) is 9.59 Å². The number of ether oxygens (including phenoxy) is 1. The van der Waals surface area contributed by atoms with Crippen LogP contribution in [0.5, 0.6) is 0 Å². The van der Waals surface area contributed by atoms with Gasteiger partial charge in [0.1, 0.15) is 0 Å². The molecule has 0 saturated carbocycles. The maximum absolute atomic E-state index is 11.5. The standard InChI is InChI=1S/C14H18O4/c1-3-18-14(17)10(2)12-7-4-11(5-8-12)6-9-13(15)16/h4-5,7-8,10H,3,6,9H2,1-2H3,(H,15,16). The Balaban J connectivity index is 2.64. The van der Waals surface area contributed by atoms with Crippen LogP contribution in [0, 0.1) is 0 Å². The van der Waals surface area contributed by atoms with Crippen molar-refractivity contribution in [3.05, 3.63) is 35.4 Å². The SMILES string of the molecule is CCOC(=O)C(C)c1ccc(CCC(=O)O)cc1. The fourth-order valence-electron chi connectivity index (χ4n) is 1.63. The minimum atomic E-state index is -0.807. The number of benzene rings is 1. The molecule has 1 N–H and O–H groups in total. The molecule has 0 heterocycles. The van der Waals surface area contributed by atoms with Gasteiger partial charge in [0.2, 0.25) is 0 Å². The second-order valence-electron chi connectivity index (χ2n) is 4.11. The van der Waals surface area contributed by atoms with E-state index in [0.717, 1.165) is 11.1 Å². The van der Waals surface area contributed by atoms with Gasteiger partial charge in [-0.1, -0.05) is 24.3 Å². The van der Waals surface area contributed by atoms with Crippen molar-refractivity contribution in [1.29, 1.82) is 0 Å². The number of carbonyl (C=O) groups excluding carboxylic acids is 1. The molecule has 1 unspecified atom stereocenters. The molecule has 0 amide bonds. The van der Waals surface area contributed by atoms with E-state index in [-0.39, 0.29) is 18.3 Å². The van der Waals surface area contributed by atoms with Crippen molar-refractivity contribution in [3.63, 3.8) is 0 Å². The Morgan fingerprint density at radius 3 is 2.39 bits per heavy atom. The van der Waals surface area contributed by atoms with E-state index in [0.29, 0.717) is 13.0 Å². The number of carboxylic acid groups (broad SMARTS) is 1. The summed E-state index contributed by atoms with van der Waals surface area (Å²) >= 11 is 0. The van der Waals surface area contributed by atoms with Crippen molar-refractivity contribution < 1.29 is 19.4 Å². The van der Waals surface area contributed by atoms with Crippen LogP contribution in [0.3, 0.4) is 0 Å². The minimum absolute atomic E-state index is 0.118. The second-order valence-corrected chi connectivity index (χ2v) is 4.11. The molecule has 4 nitrogen and oxygen atoms in total. The number of carbonyl (C=O) groups is 2. The fraction of sp³-hybridized carbons (Fsp3) is 0.429. The molecule has 1 aromatic rings. The van der Waals surface area contributed by atoms with Gasteiger partial charge in [-0.15, -0.1) is 0 Å². The van der Waals surface area contributed by atoms with E-state index in [1.54, 1.807) is 13.8 Å². The van der Waals surface area contributed by atoms with Crippen LogP contribution in [0.1, 0.15) is 37.3 Å². The summed E-state index contributed by atoms with van der Waals surface area (Å²) in [5.41, 5.74) is 1.84.